The molecule has 0 aliphatic carbocycles. The number of rotatable bonds is 12. The van der Waals surface area contributed by atoms with Crippen molar-refractivity contribution in [1.82, 2.24) is 24.6 Å². The normalized spacial score (nSPS) is 22.3. The number of aliphatic hydroxyl groups excluding tert-OH is 2. The van der Waals surface area contributed by atoms with E-state index in [1.54, 1.807) is 18.1 Å². The monoisotopic (exact) mass is 531 g/mol. The SMILES string of the molecule is CSCC[C@H](N)C(=O)N(O)C[C@H]1O[C@@H](CCn2cnc3c(NCc4ccccc4)ncnc32)[C@H](O)[C@@H]1O. The van der Waals surface area contributed by atoms with E-state index in [1.807, 2.05) is 41.2 Å². The summed E-state index contributed by atoms with van der Waals surface area (Å²) in [6.45, 7) is 0.709. The summed E-state index contributed by atoms with van der Waals surface area (Å²) >= 11 is 1.55. The van der Waals surface area contributed by atoms with E-state index < -0.39 is 36.4 Å². The first kappa shape index (κ1) is 27.2. The van der Waals surface area contributed by atoms with Crippen molar-refractivity contribution in [2.45, 2.75) is 56.4 Å². The van der Waals surface area contributed by atoms with Gasteiger partial charge in [-0.2, -0.15) is 11.8 Å². The number of nitrogens with two attached hydrogens (primary N) is 1. The van der Waals surface area contributed by atoms with Crippen LogP contribution in [-0.4, -0.2) is 94.9 Å². The minimum absolute atomic E-state index is 0.293. The van der Waals surface area contributed by atoms with Crippen molar-refractivity contribution in [3.63, 3.8) is 0 Å². The third kappa shape index (κ3) is 6.55. The molecule has 37 heavy (non-hydrogen) atoms. The van der Waals surface area contributed by atoms with Crippen LogP contribution in [-0.2, 0) is 22.6 Å². The van der Waals surface area contributed by atoms with E-state index in [0.29, 0.717) is 53.7 Å². The maximum atomic E-state index is 12.3. The van der Waals surface area contributed by atoms with Gasteiger partial charge in [-0.3, -0.25) is 10.0 Å². The number of aryl methyl sites for hydroxylation is 1. The summed E-state index contributed by atoms with van der Waals surface area (Å²) in [5.74, 6) is 0.649. The number of hydrogen-bond donors (Lipinski definition) is 5. The summed E-state index contributed by atoms with van der Waals surface area (Å²) < 4.78 is 7.64. The van der Waals surface area contributed by atoms with Crippen LogP contribution in [0.1, 0.15) is 18.4 Å². The summed E-state index contributed by atoms with van der Waals surface area (Å²) in [5.41, 5.74) is 8.19. The third-order valence-electron chi connectivity index (χ3n) is 6.38. The van der Waals surface area contributed by atoms with Gasteiger partial charge in [0.2, 0.25) is 0 Å². The molecule has 200 valence electrons. The number of hydrogen-bond acceptors (Lipinski definition) is 11. The lowest BCUT2D eigenvalue weighted by Crippen LogP contribution is -2.47. The molecule has 1 fully saturated rings. The molecule has 0 radical (unpaired) electrons. The van der Waals surface area contributed by atoms with Crippen LogP contribution in [0, 0.1) is 0 Å². The summed E-state index contributed by atoms with van der Waals surface area (Å²) in [4.78, 5) is 25.4. The predicted octanol–water partition coefficient (Wildman–Crippen LogP) is 0.616. The number of carbonyl (C=O) groups is 1. The molecule has 13 heteroatoms. The first-order valence-corrected chi connectivity index (χ1v) is 13.5. The summed E-state index contributed by atoms with van der Waals surface area (Å²) in [6, 6.07) is 9.10. The lowest BCUT2D eigenvalue weighted by molar-refractivity contribution is -0.176. The van der Waals surface area contributed by atoms with E-state index >= 15 is 0 Å². The van der Waals surface area contributed by atoms with Gasteiger partial charge in [-0.1, -0.05) is 30.3 Å². The van der Waals surface area contributed by atoms with Gasteiger partial charge >= 0.3 is 0 Å². The molecule has 3 aromatic rings. The number of hydroxylamine groups is 2. The molecule has 3 heterocycles. The maximum Gasteiger partial charge on any atom is 0.262 e. The van der Waals surface area contributed by atoms with Gasteiger partial charge in [-0.25, -0.2) is 20.0 Å². The van der Waals surface area contributed by atoms with Crippen molar-refractivity contribution < 1.29 is 25.0 Å². The Morgan fingerprint density at radius 2 is 1.97 bits per heavy atom. The second-order valence-corrected chi connectivity index (χ2v) is 9.95. The van der Waals surface area contributed by atoms with Crippen LogP contribution in [0.25, 0.3) is 11.2 Å². The van der Waals surface area contributed by atoms with Crippen molar-refractivity contribution in [2.24, 2.45) is 5.73 Å². The Balaban J connectivity index is 1.34. The molecule has 0 spiro atoms. The number of carbonyl (C=O) groups excluding carboxylic acids is 1. The summed E-state index contributed by atoms with van der Waals surface area (Å²) in [5, 5.41) is 34.9. The number of nitrogens with zero attached hydrogens (tertiary/aromatic N) is 5. The smallest absolute Gasteiger partial charge is 0.262 e. The summed E-state index contributed by atoms with van der Waals surface area (Å²) in [6.07, 6.45) is 1.70. The minimum atomic E-state index is -1.26. The average Bonchev–Trinajstić information content (AvgIpc) is 3.45. The van der Waals surface area contributed by atoms with Gasteiger partial charge in [0.25, 0.3) is 5.91 Å². The Morgan fingerprint density at radius 3 is 2.73 bits per heavy atom. The van der Waals surface area contributed by atoms with Crippen LogP contribution in [0.3, 0.4) is 0 Å². The van der Waals surface area contributed by atoms with Crippen molar-refractivity contribution in [3.05, 3.63) is 48.5 Å². The number of nitrogens with one attached hydrogen (secondary N) is 1. The molecule has 1 aliphatic heterocycles. The zero-order valence-electron chi connectivity index (χ0n) is 20.6. The molecule has 1 aromatic carbocycles. The van der Waals surface area contributed by atoms with Gasteiger partial charge in [-0.15, -0.1) is 0 Å². The Kier molecular flexibility index (Phi) is 9.29. The highest BCUT2D eigenvalue weighted by Crippen LogP contribution is 2.26. The number of fused-ring (bicyclic) bond motifs is 1. The van der Waals surface area contributed by atoms with Gasteiger partial charge in [0.05, 0.1) is 25.0 Å². The van der Waals surface area contributed by atoms with Crippen LogP contribution >= 0.6 is 11.8 Å². The molecule has 6 N–H and O–H groups in total. The fourth-order valence-corrected chi connectivity index (χ4v) is 4.75. The van der Waals surface area contributed by atoms with Crippen LogP contribution in [0.5, 0.6) is 0 Å². The second kappa shape index (κ2) is 12.6. The van der Waals surface area contributed by atoms with Crippen LogP contribution in [0.2, 0.25) is 0 Å². The molecular formula is C24H33N7O5S. The Bertz CT molecular complexity index is 1170. The van der Waals surface area contributed by atoms with E-state index in [4.69, 9.17) is 10.5 Å². The quantitative estimate of drug-likeness (QED) is 0.164. The van der Waals surface area contributed by atoms with Gasteiger partial charge in [0.15, 0.2) is 11.5 Å². The summed E-state index contributed by atoms with van der Waals surface area (Å²) in [7, 11) is 0. The van der Waals surface area contributed by atoms with E-state index in [9.17, 15) is 20.2 Å². The van der Waals surface area contributed by atoms with E-state index in [-0.39, 0.29) is 6.54 Å². The molecule has 1 saturated heterocycles. The topological polar surface area (TPSA) is 172 Å². The van der Waals surface area contributed by atoms with Crippen molar-refractivity contribution >= 4 is 34.7 Å². The number of thioether (sulfide) groups is 1. The second-order valence-electron chi connectivity index (χ2n) is 8.96. The Hall–Kier alpha value is -2.81. The molecule has 5 atom stereocenters. The van der Waals surface area contributed by atoms with Crippen molar-refractivity contribution in [3.8, 4) is 0 Å². The molecule has 0 bridgehead atoms. The molecule has 1 aliphatic rings. The van der Waals surface area contributed by atoms with Crippen LogP contribution < -0.4 is 11.1 Å². The fourth-order valence-electron chi connectivity index (χ4n) is 4.26. The Morgan fingerprint density at radius 1 is 1.22 bits per heavy atom. The molecular weight excluding hydrogens is 498 g/mol. The predicted molar refractivity (Wildman–Crippen MR) is 139 cm³/mol. The van der Waals surface area contributed by atoms with Gasteiger partial charge in [-0.05, 0) is 30.4 Å². The number of imidazole rings is 1. The molecule has 0 unspecified atom stereocenters. The largest absolute Gasteiger partial charge is 0.388 e. The standard InChI is InChI=1S/C24H33N7O5S/c1-37-10-8-16(25)24(34)31(35)12-18-21(33)20(32)17(36-18)7-9-30-14-29-19-22(27-13-28-23(19)30)26-11-15-5-3-2-4-6-15/h2-6,13-14,16-18,20-21,32-33,35H,7-12,25H2,1H3,(H,26,27,28)/t16-,17-,18+,20-,21+/m0/s1. The van der Waals surface area contributed by atoms with Gasteiger partial charge in [0.1, 0.15) is 30.2 Å². The lowest BCUT2D eigenvalue weighted by Gasteiger charge is -2.23. The number of ether oxygens (including phenoxy) is 1. The molecule has 4 rings (SSSR count). The maximum absolute atomic E-state index is 12.3. The van der Waals surface area contributed by atoms with Crippen molar-refractivity contribution in [1.29, 1.82) is 0 Å². The number of aliphatic hydroxyl groups is 2. The highest BCUT2D eigenvalue weighted by Gasteiger charge is 2.43. The molecule has 12 nitrogen and oxygen atoms in total. The lowest BCUT2D eigenvalue weighted by atomic mass is 10.1. The molecule has 1 amide bonds. The van der Waals surface area contributed by atoms with Crippen molar-refractivity contribution in [2.75, 3.05) is 23.9 Å². The highest BCUT2D eigenvalue weighted by atomic mass is 32.2. The molecule has 0 saturated carbocycles. The highest BCUT2D eigenvalue weighted by molar-refractivity contribution is 7.98. The van der Waals surface area contributed by atoms with Gasteiger partial charge < -0.3 is 30.6 Å². The van der Waals surface area contributed by atoms with Crippen LogP contribution in [0.15, 0.2) is 43.0 Å². The Labute approximate surface area is 218 Å². The minimum Gasteiger partial charge on any atom is -0.388 e. The van der Waals surface area contributed by atoms with Crippen LogP contribution in [0.4, 0.5) is 5.82 Å². The zero-order valence-corrected chi connectivity index (χ0v) is 21.4. The van der Waals surface area contributed by atoms with Gasteiger partial charge in [0, 0.05) is 13.1 Å². The first-order valence-electron chi connectivity index (χ1n) is 12.1. The third-order valence-corrected chi connectivity index (χ3v) is 7.02. The fraction of sp³-hybridized carbons (Fsp3) is 0.500. The van der Waals surface area contributed by atoms with E-state index in [1.165, 1.54) is 6.33 Å². The zero-order chi connectivity index (χ0) is 26.4. The number of aromatic nitrogens is 4. The van der Waals surface area contributed by atoms with E-state index in [0.717, 1.165) is 5.56 Å². The van der Waals surface area contributed by atoms with E-state index in [2.05, 4.69) is 20.3 Å². The molecule has 2 aromatic heterocycles. The number of amides is 1. The first-order chi connectivity index (χ1) is 17.9. The number of benzene rings is 1. The number of anilines is 1. The average molecular weight is 532 g/mol.